The highest BCUT2D eigenvalue weighted by molar-refractivity contribution is 5.52. The Hall–Kier alpha value is -2.44. The first-order chi connectivity index (χ1) is 16.3. The smallest absolute Gasteiger partial charge is 0.231 e. The van der Waals surface area contributed by atoms with Crippen LogP contribution in [0.4, 0.5) is 0 Å². The fraction of sp³-hybridized carbons (Fsp3) is 0.556. The van der Waals surface area contributed by atoms with E-state index < -0.39 is 0 Å². The molecule has 2 heterocycles. The van der Waals surface area contributed by atoms with Gasteiger partial charge in [-0.2, -0.15) is 0 Å². The molecule has 6 nitrogen and oxygen atoms in total. The second kappa shape index (κ2) is 12.1. The summed E-state index contributed by atoms with van der Waals surface area (Å²) >= 11 is 0. The van der Waals surface area contributed by atoms with Crippen molar-refractivity contribution in [3.63, 3.8) is 0 Å². The second-order valence-electron chi connectivity index (χ2n) is 8.79. The SMILES string of the molecule is CCc1c(CCNCCCCCCNCCc2ccc3c(c2C)OCO3)ccc2c1OCO2. The summed E-state index contributed by atoms with van der Waals surface area (Å²) in [6, 6.07) is 8.42. The standard InChI is InChI=1S/C27H38N2O4/c1-3-23-22(9-11-25-27(23)33-19-31-25)13-17-29-15-7-5-4-6-14-28-16-12-21-8-10-24-26(20(21)2)32-18-30-24/h8-11,28-29H,3-7,12-19H2,1-2H3. The maximum absolute atomic E-state index is 5.65. The average Bonchev–Trinajstić information content (AvgIpc) is 3.50. The van der Waals surface area contributed by atoms with Gasteiger partial charge in [-0.25, -0.2) is 0 Å². The molecule has 2 aliphatic heterocycles. The molecule has 180 valence electrons. The Kier molecular flexibility index (Phi) is 8.72. The van der Waals surface area contributed by atoms with Crippen LogP contribution < -0.4 is 29.6 Å². The van der Waals surface area contributed by atoms with Crippen molar-refractivity contribution < 1.29 is 18.9 Å². The Labute approximate surface area is 198 Å². The van der Waals surface area contributed by atoms with Crippen molar-refractivity contribution in [3.05, 3.63) is 46.5 Å². The lowest BCUT2D eigenvalue weighted by Crippen LogP contribution is -2.20. The summed E-state index contributed by atoms with van der Waals surface area (Å²) in [5, 5.41) is 7.18. The lowest BCUT2D eigenvalue weighted by molar-refractivity contribution is 0.173. The molecule has 2 aromatic carbocycles. The van der Waals surface area contributed by atoms with Crippen molar-refractivity contribution >= 4 is 0 Å². The molecule has 0 aromatic heterocycles. The number of hydrogen-bond acceptors (Lipinski definition) is 6. The van der Waals surface area contributed by atoms with Gasteiger partial charge >= 0.3 is 0 Å². The molecule has 0 amide bonds. The third kappa shape index (κ3) is 6.12. The van der Waals surface area contributed by atoms with E-state index in [2.05, 4.69) is 36.6 Å². The minimum Gasteiger partial charge on any atom is -0.454 e. The highest BCUT2D eigenvalue weighted by Crippen LogP contribution is 2.38. The summed E-state index contributed by atoms with van der Waals surface area (Å²) in [4.78, 5) is 0. The normalized spacial score (nSPS) is 13.6. The second-order valence-corrected chi connectivity index (χ2v) is 8.79. The van der Waals surface area contributed by atoms with E-state index in [0.717, 1.165) is 68.4 Å². The summed E-state index contributed by atoms with van der Waals surface area (Å²) < 4.78 is 22.2. The van der Waals surface area contributed by atoms with Gasteiger partial charge in [-0.3, -0.25) is 0 Å². The lowest BCUT2D eigenvalue weighted by Gasteiger charge is -2.11. The molecule has 0 saturated carbocycles. The van der Waals surface area contributed by atoms with E-state index in [4.69, 9.17) is 18.9 Å². The molecule has 0 spiro atoms. The molecule has 6 heteroatoms. The van der Waals surface area contributed by atoms with E-state index in [1.54, 1.807) is 0 Å². The van der Waals surface area contributed by atoms with Gasteiger partial charge in [-0.15, -0.1) is 0 Å². The zero-order valence-corrected chi connectivity index (χ0v) is 20.1. The molecule has 0 aliphatic carbocycles. The van der Waals surface area contributed by atoms with E-state index in [9.17, 15) is 0 Å². The zero-order valence-electron chi connectivity index (χ0n) is 20.1. The van der Waals surface area contributed by atoms with Gasteiger partial charge in [-0.1, -0.05) is 31.9 Å². The molecule has 0 fully saturated rings. The van der Waals surface area contributed by atoms with Crippen LogP contribution in [0.15, 0.2) is 24.3 Å². The Balaban J connectivity index is 1.01. The van der Waals surface area contributed by atoms with Crippen LogP contribution in [0.5, 0.6) is 23.0 Å². The molecule has 0 saturated heterocycles. The van der Waals surface area contributed by atoms with E-state index in [-0.39, 0.29) is 0 Å². The van der Waals surface area contributed by atoms with Gasteiger partial charge in [0.1, 0.15) is 0 Å². The van der Waals surface area contributed by atoms with Gasteiger partial charge < -0.3 is 29.6 Å². The van der Waals surface area contributed by atoms with E-state index >= 15 is 0 Å². The van der Waals surface area contributed by atoms with Gasteiger partial charge in [-0.05, 0) is 94.0 Å². The number of ether oxygens (including phenoxy) is 4. The topological polar surface area (TPSA) is 61.0 Å². The maximum Gasteiger partial charge on any atom is 0.231 e. The third-order valence-corrected chi connectivity index (χ3v) is 6.59. The fourth-order valence-electron chi connectivity index (χ4n) is 4.67. The number of hydrogen-bond donors (Lipinski definition) is 2. The van der Waals surface area contributed by atoms with Crippen molar-refractivity contribution in [2.45, 2.75) is 58.8 Å². The van der Waals surface area contributed by atoms with Gasteiger partial charge in [0, 0.05) is 5.56 Å². The first-order valence-corrected chi connectivity index (χ1v) is 12.5. The zero-order chi connectivity index (χ0) is 22.9. The third-order valence-electron chi connectivity index (χ3n) is 6.59. The first kappa shape index (κ1) is 23.7. The first-order valence-electron chi connectivity index (χ1n) is 12.5. The summed E-state index contributed by atoms with van der Waals surface area (Å²) in [5.74, 6) is 3.64. The van der Waals surface area contributed by atoms with Crippen molar-refractivity contribution in [3.8, 4) is 23.0 Å². The molecule has 4 rings (SSSR count). The van der Waals surface area contributed by atoms with Crippen LogP contribution in [0.1, 0.15) is 54.9 Å². The number of benzene rings is 2. The molecule has 0 unspecified atom stereocenters. The highest BCUT2D eigenvalue weighted by Gasteiger charge is 2.19. The van der Waals surface area contributed by atoms with Crippen molar-refractivity contribution in [1.29, 1.82) is 0 Å². The lowest BCUT2D eigenvalue weighted by atomic mass is 10.0. The van der Waals surface area contributed by atoms with Crippen LogP contribution >= 0.6 is 0 Å². The van der Waals surface area contributed by atoms with Crippen LogP contribution in [0.2, 0.25) is 0 Å². The maximum atomic E-state index is 5.65. The predicted octanol–water partition coefficient (Wildman–Crippen LogP) is 4.54. The molecule has 2 aromatic rings. The minimum absolute atomic E-state index is 0.340. The molecular formula is C27H38N2O4. The van der Waals surface area contributed by atoms with Crippen molar-refractivity contribution in [1.82, 2.24) is 10.6 Å². The molecular weight excluding hydrogens is 416 g/mol. The Morgan fingerprint density at radius 2 is 1.24 bits per heavy atom. The van der Waals surface area contributed by atoms with Crippen LogP contribution in [-0.2, 0) is 19.3 Å². The monoisotopic (exact) mass is 454 g/mol. The van der Waals surface area contributed by atoms with Crippen molar-refractivity contribution in [2.75, 3.05) is 39.8 Å². The molecule has 0 atom stereocenters. The van der Waals surface area contributed by atoms with Crippen LogP contribution in [-0.4, -0.2) is 39.8 Å². The Morgan fingerprint density at radius 3 is 1.91 bits per heavy atom. The van der Waals surface area contributed by atoms with Gasteiger partial charge in [0.15, 0.2) is 23.0 Å². The Bertz CT molecular complexity index is 915. The number of fused-ring (bicyclic) bond motifs is 2. The predicted molar refractivity (Wildman–Crippen MR) is 131 cm³/mol. The Morgan fingerprint density at radius 1 is 0.667 bits per heavy atom. The summed E-state index contributed by atoms with van der Waals surface area (Å²) in [6.45, 7) is 9.17. The number of unbranched alkanes of at least 4 members (excludes halogenated alkanes) is 3. The quantitative estimate of drug-likeness (QED) is 0.409. The van der Waals surface area contributed by atoms with Crippen LogP contribution in [0, 0.1) is 6.92 Å². The minimum atomic E-state index is 0.340. The highest BCUT2D eigenvalue weighted by atomic mass is 16.7. The van der Waals surface area contributed by atoms with Crippen molar-refractivity contribution in [2.24, 2.45) is 0 Å². The van der Waals surface area contributed by atoms with E-state index in [1.807, 2.05) is 12.1 Å². The number of nitrogens with one attached hydrogen (secondary N) is 2. The van der Waals surface area contributed by atoms with Crippen LogP contribution in [0.3, 0.4) is 0 Å². The van der Waals surface area contributed by atoms with Crippen LogP contribution in [0.25, 0.3) is 0 Å². The van der Waals surface area contributed by atoms with E-state index in [1.165, 1.54) is 47.9 Å². The summed E-state index contributed by atoms with van der Waals surface area (Å²) in [5.41, 5.74) is 5.22. The molecule has 2 aliphatic rings. The van der Waals surface area contributed by atoms with Gasteiger partial charge in [0.2, 0.25) is 13.6 Å². The summed E-state index contributed by atoms with van der Waals surface area (Å²) in [6.07, 6.45) is 8.06. The van der Waals surface area contributed by atoms with Gasteiger partial charge in [0.05, 0.1) is 0 Å². The molecule has 0 radical (unpaired) electrons. The van der Waals surface area contributed by atoms with E-state index in [0.29, 0.717) is 13.6 Å². The largest absolute Gasteiger partial charge is 0.454 e. The number of rotatable bonds is 14. The summed E-state index contributed by atoms with van der Waals surface area (Å²) in [7, 11) is 0. The van der Waals surface area contributed by atoms with Gasteiger partial charge in [0.25, 0.3) is 0 Å². The molecule has 33 heavy (non-hydrogen) atoms. The molecule has 2 N–H and O–H groups in total. The fourth-order valence-corrected chi connectivity index (χ4v) is 4.67. The molecule has 0 bridgehead atoms. The average molecular weight is 455 g/mol.